The first-order valence-electron chi connectivity index (χ1n) is 5.60. The molecule has 0 saturated carbocycles. The van der Waals surface area contributed by atoms with Crippen LogP contribution in [0, 0.1) is 13.8 Å². The number of aliphatic hydroxyl groups excluding tert-OH is 1. The van der Waals surface area contributed by atoms with Gasteiger partial charge in [-0.1, -0.05) is 18.2 Å². The van der Waals surface area contributed by atoms with E-state index in [0.717, 1.165) is 16.8 Å². The van der Waals surface area contributed by atoms with Crippen LogP contribution < -0.4 is 5.32 Å². The van der Waals surface area contributed by atoms with Crippen molar-refractivity contribution in [3.63, 3.8) is 0 Å². The summed E-state index contributed by atoms with van der Waals surface area (Å²) < 4.78 is 22.8. The summed E-state index contributed by atoms with van der Waals surface area (Å²) in [5.41, 5.74) is 3.04. The minimum absolute atomic E-state index is 0.00193. The molecule has 2 rings (SSSR count). The highest BCUT2D eigenvalue weighted by molar-refractivity contribution is 7.91. The second-order valence-electron chi connectivity index (χ2n) is 4.66. The van der Waals surface area contributed by atoms with Crippen LogP contribution in [0.1, 0.15) is 11.1 Å². The normalized spacial score (nSPS) is 27.0. The minimum Gasteiger partial charge on any atom is -0.390 e. The zero-order chi connectivity index (χ0) is 12.6. The summed E-state index contributed by atoms with van der Waals surface area (Å²) >= 11 is 0. The van der Waals surface area contributed by atoms with E-state index in [0.29, 0.717) is 0 Å². The van der Waals surface area contributed by atoms with Crippen molar-refractivity contribution in [2.75, 3.05) is 16.8 Å². The van der Waals surface area contributed by atoms with Crippen LogP contribution in [0.25, 0.3) is 0 Å². The van der Waals surface area contributed by atoms with Crippen LogP contribution in [0.3, 0.4) is 0 Å². The van der Waals surface area contributed by atoms with Crippen LogP contribution in [-0.4, -0.2) is 37.2 Å². The molecule has 17 heavy (non-hydrogen) atoms. The van der Waals surface area contributed by atoms with Crippen LogP contribution >= 0.6 is 0 Å². The summed E-state index contributed by atoms with van der Waals surface area (Å²) in [6.45, 7) is 3.93. The number of aryl methyl sites for hydroxylation is 2. The van der Waals surface area contributed by atoms with E-state index >= 15 is 0 Å². The Labute approximate surface area is 102 Å². The third kappa shape index (κ3) is 2.61. The molecule has 1 aromatic rings. The summed E-state index contributed by atoms with van der Waals surface area (Å²) in [7, 11) is -3.10. The molecule has 5 heteroatoms. The van der Waals surface area contributed by atoms with E-state index in [4.69, 9.17) is 0 Å². The van der Waals surface area contributed by atoms with E-state index in [9.17, 15) is 13.5 Å². The Morgan fingerprint density at radius 2 is 1.82 bits per heavy atom. The Morgan fingerprint density at radius 1 is 1.24 bits per heavy atom. The molecule has 1 saturated heterocycles. The first-order valence-corrected chi connectivity index (χ1v) is 7.42. The molecule has 94 valence electrons. The molecule has 0 amide bonds. The maximum Gasteiger partial charge on any atom is 0.155 e. The van der Waals surface area contributed by atoms with E-state index < -0.39 is 22.0 Å². The predicted molar refractivity (Wildman–Crippen MR) is 68.0 cm³/mol. The SMILES string of the molecule is Cc1cccc(C)c1N[C@H]1CS(=O)(=O)C[C@@H]1O. The molecule has 2 N–H and O–H groups in total. The summed E-state index contributed by atoms with van der Waals surface area (Å²) in [5, 5.41) is 12.9. The molecular formula is C12H17NO3S. The van der Waals surface area contributed by atoms with Gasteiger partial charge in [0.15, 0.2) is 9.84 Å². The maximum atomic E-state index is 11.4. The molecule has 1 aliphatic rings. The Morgan fingerprint density at radius 3 is 2.29 bits per heavy atom. The highest BCUT2D eigenvalue weighted by atomic mass is 32.2. The van der Waals surface area contributed by atoms with E-state index in [2.05, 4.69) is 5.32 Å². The number of para-hydroxylation sites is 1. The third-order valence-electron chi connectivity index (χ3n) is 3.13. The second kappa shape index (κ2) is 4.31. The summed E-state index contributed by atoms with van der Waals surface area (Å²) in [6.07, 6.45) is -0.820. The molecule has 1 heterocycles. The van der Waals surface area contributed by atoms with Gasteiger partial charge in [0.2, 0.25) is 0 Å². The van der Waals surface area contributed by atoms with Crippen molar-refractivity contribution in [3.8, 4) is 0 Å². The molecule has 1 aliphatic heterocycles. The Kier molecular flexibility index (Phi) is 3.14. The van der Waals surface area contributed by atoms with Gasteiger partial charge >= 0.3 is 0 Å². The van der Waals surface area contributed by atoms with Gasteiger partial charge in [-0.2, -0.15) is 0 Å². The maximum absolute atomic E-state index is 11.4. The lowest BCUT2D eigenvalue weighted by Gasteiger charge is -2.19. The van der Waals surface area contributed by atoms with Gasteiger partial charge in [-0.3, -0.25) is 0 Å². The molecule has 2 atom stereocenters. The molecule has 0 bridgehead atoms. The first kappa shape index (κ1) is 12.4. The van der Waals surface area contributed by atoms with E-state index in [1.165, 1.54) is 0 Å². The zero-order valence-corrected chi connectivity index (χ0v) is 10.8. The number of hydrogen-bond donors (Lipinski definition) is 2. The molecule has 0 unspecified atom stereocenters. The van der Waals surface area contributed by atoms with E-state index in [-0.39, 0.29) is 11.5 Å². The topological polar surface area (TPSA) is 66.4 Å². The van der Waals surface area contributed by atoms with Gasteiger partial charge in [-0.15, -0.1) is 0 Å². The number of sulfone groups is 1. The van der Waals surface area contributed by atoms with Gasteiger partial charge in [0.1, 0.15) is 0 Å². The van der Waals surface area contributed by atoms with Gasteiger partial charge in [-0.05, 0) is 25.0 Å². The number of hydrogen-bond acceptors (Lipinski definition) is 4. The fraction of sp³-hybridized carbons (Fsp3) is 0.500. The fourth-order valence-electron chi connectivity index (χ4n) is 2.19. The molecule has 1 aromatic carbocycles. The van der Waals surface area contributed by atoms with Crippen molar-refractivity contribution in [2.45, 2.75) is 26.0 Å². The van der Waals surface area contributed by atoms with Crippen molar-refractivity contribution < 1.29 is 13.5 Å². The van der Waals surface area contributed by atoms with Gasteiger partial charge in [-0.25, -0.2) is 8.42 Å². The lowest BCUT2D eigenvalue weighted by atomic mass is 10.1. The van der Waals surface area contributed by atoms with Gasteiger partial charge in [0.05, 0.1) is 23.7 Å². The smallest absolute Gasteiger partial charge is 0.155 e. The Balaban J connectivity index is 2.22. The van der Waals surface area contributed by atoms with Crippen LogP contribution in [-0.2, 0) is 9.84 Å². The molecule has 0 aliphatic carbocycles. The largest absolute Gasteiger partial charge is 0.390 e. The molecule has 0 radical (unpaired) electrons. The van der Waals surface area contributed by atoms with E-state index in [1.54, 1.807) is 0 Å². The van der Waals surface area contributed by atoms with Crippen molar-refractivity contribution in [1.29, 1.82) is 0 Å². The summed E-state index contributed by atoms with van der Waals surface area (Å²) in [4.78, 5) is 0. The molecule has 4 nitrogen and oxygen atoms in total. The van der Waals surface area contributed by atoms with Crippen LogP contribution in [0.4, 0.5) is 5.69 Å². The Bertz CT molecular complexity index is 504. The number of nitrogens with one attached hydrogen (secondary N) is 1. The van der Waals surface area contributed by atoms with Crippen LogP contribution in [0.5, 0.6) is 0 Å². The zero-order valence-electron chi connectivity index (χ0n) is 9.97. The highest BCUT2D eigenvalue weighted by Gasteiger charge is 2.36. The lowest BCUT2D eigenvalue weighted by Crippen LogP contribution is -2.32. The van der Waals surface area contributed by atoms with Crippen molar-refractivity contribution >= 4 is 15.5 Å². The highest BCUT2D eigenvalue weighted by Crippen LogP contribution is 2.24. The number of rotatable bonds is 2. The van der Waals surface area contributed by atoms with Crippen molar-refractivity contribution in [3.05, 3.63) is 29.3 Å². The quantitative estimate of drug-likeness (QED) is 0.823. The minimum atomic E-state index is -3.10. The summed E-state index contributed by atoms with van der Waals surface area (Å²) in [5.74, 6) is -0.141. The second-order valence-corrected chi connectivity index (χ2v) is 6.82. The Hall–Kier alpha value is -1.07. The first-order chi connectivity index (χ1) is 7.89. The van der Waals surface area contributed by atoms with Gasteiger partial charge in [0.25, 0.3) is 0 Å². The van der Waals surface area contributed by atoms with Crippen molar-refractivity contribution in [2.24, 2.45) is 0 Å². The van der Waals surface area contributed by atoms with Crippen LogP contribution in [0.2, 0.25) is 0 Å². The van der Waals surface area contributed by atoms with E-state index in [1.807, 2.05) is 32.0 Å². The number of benzene rings is 1. The monoisotopic (exact) mass is 255 g/mol. The molecule has 0 spiro atoms. The molecular weight excluding hydrogens is 238 g/mol. The fourth-order valence-corrected chi connectivity index (χ4v) is 3.94. The number of anilines is 1. The molecule has 1 fully saturated rings. The lowest BCUT2D eigenvalue weighted by molar-refractivity contribution is 0.190. The average Bonchev–Trinajstić information content (AvgIpc) is 2.46. The van der Waals surface area contributed by atoms with Crippen LogP contribution in [0.15, 0.2) is 18.2 Å². The average molecular weight is 255 g/mol. The standard InChI is InChI=1S/C12H17NO3S/c1-8-4-3-5-9(2)12(8)13-10-6-17(15,16)7-11(10)14/h3-5,10-11,13-14H,6-7H2,1-2H3/t10-,11-/m0/s1. The summed E-state index contributed by atoms with van der Waals surface area (Å²) in [6, 6.07) is 5.48. The molecule has 0 aromatic heterocycles. The predicted octanol–water partition coefficient (Wildman–Crippen LogP) is 0.873. The number of aliphatic hydroxyl groups is 1. The third-order valence-corrected chi connectivity index (χ3v) is 4.85. The van der Waals surface area contributed by atoms with Gasteiger partial charge in [0, 0.05) is 5.69 Å². The van der Waals surface area contributed by atoms with Gasteiger partial charge < -0.3 is 10.4 Å². The van der Waals surface area contributed by atoms with Crippen molar-refractivity contribution in [1.82, 2.24) is 0 Å².